The van der Waals surface area contributed by atoms with Crippen LogP contribution in [0.2, 0.25) is 0 Å². The maximum Gasteiger partial charge on any atom is 0.317 e. The van der Waals surface area contributed by atoms with Crippen molar-refractivity contribution in [1.82, 2.24) is 4.90 Å². The number of amides is 1. The van der Waals surface area contributed by atoms with Gasteiger partial charge in [-0.3, -0.25) is 9.59 Å². The van der Waals surface area contributed by atoms with Gasteiger partial charge in [0.2, 0.25) is 0 Å². The zero-order valence-electron chi connectivity index (χ0n) is 15.8. The molecular weight excluding hydrogens is 357 g/mol. The average Bonchev–Trinajstić information content (AvgIpc) is 3.22. The van der Waals surface area contributed by atoms with Crippen molar-refractivity contribution in [3.05, 3.63) is 71.0 Å². The van der Waals surface area contributed by atoms with Gasteiger partial charge in [0, 0.05) is 18.7 Å². The fourth-order valence-corrected chi connectivity index (χ4v) is 4.48. The van der Waals surface area contributed by atoms with E-state index in [9.17, 15) is 14.0 Å². The fourth-order valence-electron chi connectivity index (χ4n) is 4.48. The number of benzene rings is 2. The van der Waals surface area contributed by atoms with Gasteiger partial charge in [-0.05, 0) is 36.5 Å². The molecule has 0 bridgehead atoms. The van der Waals surface area contributed by atoms with E-state index in [-0.39, 0.29) is 18.3 Å². The van der Waals surface area contributed by atoms with Crippen LogP contribution < -0.4 is 0 Å². The van der Waals surface area contributed by atoms with E-state index < -0.39 is 11.4 Å². The molecule has 146 valence electrons. The van der Waals surface area contributed by atoms with Gasteiger partial charge in [0.05, 0.1) is 5.41 Å². The highest BCUT2D eigenvalue weighted by molar-refractivity contribution is 5.87. The van der Waals surface area contributed by atoms with Crippen molar-refractivity contribution in [2.45, 2.75) is 44.1 Å². The predicted molar refractivity (Wildman–Crippen MR) is 103 cm³/mol. The molecule has 1 aliphatic carbocycles. The van der Waals surface area contributed by atoms with Gasteiger partial charge in [0.25, 0.3) is 5.91 Å². The molecule has 28 heavy (non-hydrogen) atoms. The first-order chi connectivity index (χ1) is 13.6. The molecule has 0 radical (unpaired) electrons. The van der Waals surface area contributed by atoms with Crippen LogP contribution in [0.4, 0.5) is 4.39 Å². The summed E-state index contributed by atoms with van der Waals surface area (Å²) in [6.07, 6.45) is 3.60. The zero-order chi connectivity index (χ0) is 19.6. The maximum atomic E-state index is 14.4. The maximum absolute atomic E-state index is 14.4. The van der Waals surface area contributed by atoms with Crippen molar-refractivity contribution >= 4 is 11.9 Å². The highest BCUT2D eigenvalue weighted by Crippen LogP contribution is 2.43. The van der Waals surface area contributed by atoms with E-state index in [0.29, 0.717) is 31.5 Å². The molecule has 1 heterocycles. The molecule has 2 aliphatic rings. The van der Waals surface area contributed by atoms with Crippen LogP contribution in [-0.4, -0.2) is 29.9 Å². The van der Waals surface area contributed by atoms with Crippen molar-refractivity contribution in [2.75, 3.05) is 13.2 Å². The first-order valence-corrected chi connectivity index (χ1v) is 9.87. The zero-order valence-corrected chi connectivity index (χ0v) is 15.8. The summed E-state index contributed by atoms with van der Waals surface area (Å²) in [5.41, 5.74) is 1.80. The van der Waals surface area contributed by atoms with Gasteiger partial charge in [-0.15, -0.1) is 0 Å². The van der Waals surface area contributed by atoms with Crippen molar-refractivity contribution in [3.8, 4) is 0 Å². The molecule has 4 rings (SSSR count). The molecular formula is C23H24FNO3. The summed E-state index contributed by atoms with van der Waals surface area (Å²) in [5, 5.41) is 0. The number of hydrogen-bond donors (Lipinski definition) is 0. The number of hydrogen-bond acceptors (Lipinski definition) is 3. The van der Waals surface area contributed by atoms with Gasteiger partial charge < -0.3 is 9.64 Å². The molecule has 0 saturated heterocycles. The van der Waals surface area contributed by atoms with Crippen molar-refractivity contribution in [3.63, 3.8) is 0 Å². The van der Waals surface area contributed by atoms with Crippen LogP contribution in [0.3, 0.4) is 0 Å². The Morgan fingerprint density at radius 1 is 1.00 bits per heavy atom. The van der Waals surface area contributed by atoms with Crippen LogP contribution in [0, 0.1) is 5.82 Å². The Morgan fingerprint density at radius 2 is 1.68 bits per heavy atom. The number of carbonyl (C=O) groups excluding carboxylic acids is 2. The van der Waals surface area contributed by atoms with E-state index in [1.165, 1.54) is 11.6 Å². The second-order valence-electron chi connectivity index (χ2n) is 7.68. The molecule has 4 nitrogen and oxygen atoms in total. The number of rotatable bonds is 4. The van der Waals surface area contributed by atoms with Crippen LogP contribution >= 0.6 is 0 Å². The second-order valence-corrected chi connectivity index (χ2v) is 7.68. The minimum absolute atomic E-state index is 0.204. The summed E-state index contributed by atoms with van der Waals surface area (Å²) in [6, 6.07) is 14.5. The SMILES string of the molecule is O=C(COC(=O)C1(c2ccccc2F)CCCC1)N1CCc2ccccc2C1. The monoisotopic (exact) mass is 381 g/mol. The largest absolute Gasteiger partial charge is 0.455 e. The highest BCUT2D eigenvalue weighted by Gasteiger charge is 2.46. The van der Waals surface area contributed by atoms with E-state index >= 15 is 0 Å². The third-order valence-electron chi connectivity index (χ3n) is 6.05. The number of carbonyl (C=O) groups is 2. The lowest BCUT2D eigenvalue weighted by atomic mass is 9.78. The number of esters is 1. The lowest BCUT2D eigenvalue weighted by Crippen LogP contribution is -2.41. The molecule has 1 saturated carbocycles. The molecule has 5 heteroatoms. The molecule has 2 aromatic carbocycles. The van der Waals surface area contributed by atoms with E-state index in [1.807, 2.05) is 18.2 Å². The summed E-state index contributed by atoms with van der Waals surface area (Å²) in [6.45, 7) is 0.855. The predicted octanol–water partition coefficient (Wildman–Crippen LogP) is 3.77. The smallest absolute Gasteiger partial charge is 0.317 e. The van der Waals surface area contributed by atoms with Crippen LogP contribution in [0.1, 0.15) is 42.4 Å². The van der Waals surface area contributed by atoms with E-state index in [2.05, 4.69) is 6.07 Å². The van der Waals surface area contributed by atoms with Gasteiger partial charge in [0.1, 0.15) is 5.82 Å². The van der Waals surface area contributed by atoms with Gasteiger partial charge in [-0.2, -0.15) is 0 Å². The lowest BCUT2D eigenvalue weighted by molar-refractivity contribution is -0.157. The normalized spacial score (nSPS) is 17.8. The molecule has 1 fully saturated rings. The van der Waals surface area contributed by atoms with Crippen molar-refractivity contribution in [2.24, 2.45) is 0 Å². The van der Waals surface area contributed by atoms with Gasteiger partial charge in [0.15, 0.2) is 6.61 Å². The first kappa shape index (κ1) is 18.7. The molecule has 0 atom stereocenters. The van der Waals surface area contributed by atoms with Crippen LogP contribution in [0.25, 0.3) is 0 Å². The highest BCUT2D eigenvalue weighted by atomic mass is 19.1. The Hall–Kier alpha value is -2.69. The topological polar surface area (TPSA) is 46.6 Å². The minimum Gasteiger partial charge on any atom is -0.455 e. The summed E-state index contributed by atoms with van der Waals surface area (Å²) in [4.78, 5) is 27.3. The van der Waals surface area contributed by atoms with Gasteiger partial charge in [-0.25, -0.2) is 4.39 Å². The minimum atomic E-state index is -0.972. The Labute approximate surface area is 164 Å². The van der Waals surface area contributed by atoms with E-state index in [0.717, 1.165) is 24.8 Å². The van der Waals surface area contributed by atoms with Crippen LogP contribution in [-0.2, 0) is 32.7 Å². The molecule has 0 spiro atoms. The molecule has 2 aromatic rings. The summed E-state index contributed by atoms with van der Waals surface area (Å²) in [5.74, 6) is -1.08. The Morgan fingerprint density at radius 3 is 2.43 bits per heavy atom. The fraction of sp³-hybridized carbons (Fsp3) is 0.391. The Balaban J connectivity index is 1.43. The summed E-state index contributed by atoms with van der Waals surface area (Å²) in [7, 11) is 0. The summed E-state index contributed by atoms with van der Waals surface area (Å²) < 4.78 is 19.8. The second kappa shape index (κ2) is 7.74. The van der Waals surface area contributed by atoms with E-state index in [1.54, 1.807) is 23.1 Å². The van der Waals surface area contributed by atoms with Crippen molar-refractivity contribution in [1.29, 1.82) is 0 Å². The molecule has 0 aromatic heterocycles. The van der Waals surface area contributed by atoms with E-state index in [4.69, 9.17) is 4.74 Å². The van der Waals surface area contributed by atoms with Gasteiger partial charge >= 0.3 is 5.97 Å². The number of nitrogens with zero attached hydrogens (tertiary/aromatic N) is 1. The quantitative estimate of drug-likeness (QED) is 0.758. The lowest BCUT2D eigenvalue weighted by Gasteiger charge is -2.30. The average molecular weight is 381 g/mol. The molecule has 1 aliphatic heterocycles. The van der Waals surface area contributed by atoms with Crippen molar-refractivity contribution < 1.29 is 18.7 Å². The van der Waals surface area contributed by atoms with Crippen LogP contribution in [0.15, 0.2) is 48.5 Å². The first-order valence-electron chi connectivity index (χ1n) is 9.87. The van der Waals surface area contributed by atoms with Gasteiger partial charge in [-0.1, -0.05) is 55.3 Å². The van der Waals surface area contributed by atoms with Crippen LogP contribution in [0.5, 0.6) is 0 Å². The Bertz CT molecular complexity index is 889. The number of halogens is 1. The molecule has 1 amide bonds. The third-order valence-corrected chi connectivity index (χ3v) is 6.05. The third kappa shape index (κ3) is 3.41. The standard InChI is InChI=1S/C23H24FNO3/c24-20-10-4-3-9-19(20)23(12-5-6-13-23)22(27)28-16-21(26)25-14-11-17-7-1-2-8-18(17)15-25/h1-4,7-10H,5-6,11-16H2. The number of ether oxygens (including phenoxy) is 1. The Kier molecular flexibility index (Phi) is 5.16. The summed E-state index contributed by atoms with van der Waals surface area (Å²) >= 11 is 0. The molecule has 0 unspecified atom stereocenters. The molecule has 0 N–H and O–H groups in total. The number of fused-ring (bicyclic) bond motifs is 1.